The van der Waals surface area contributed by atoms with Crippen molar-refractivity contribution in [1.29, 1.82) is 0 Å². The molecule has 0 amide bonds. The zero-order valence-corrected chi connectivity index (χ0v) is 16.1. The first-order valence-electron chi connectivity index (χ1n) is 9.49. The number of aromatic nitrogens is 2. The van der Waals surface area contributed by atoms with Crippen molar-refractivity contribution in [3.05, 3.63) is 16.3 Å². The van der Waals surface area contributed by atoms with Gasteiger partial charge in [0.2, 0.25) is 0 Å². The highest BCUT2D eigenvalue weighted by atomic mass is 32.1. The molecule has 0 spiro atoms. The third kappa shape index (κ3) is 3.52. The van der Waals surface area contributed by atoms with Crippen molar-refractivity contribution in [3.63, 3.8) is 0 Å². The van der Waals surface area contributed by atoms with Gasteiger partial charge in [0.15, 0.2) is 0 Å². The molecule has 4 rings (SSSR count). The Kier molecular flexibility index (Phi) is 4.69. The third-order valence-electron chi connectivity index (χ3n) is 5.76. The largest absolute Gasteiger partial charge is 0.388 e. The second-order valence-corrected chi connectivity index (χ2v) is 8.92. The van der Waals surface area contributed by atoms with Crippen LogP contribution in [0.3, 0.4) is 0 Å². The van der Waals surface area contributed by atoms with Gasteiger partial charge in [-0.3, -0.25) is 4.90 Å². The Labute approximate surface area is 153 Å². The molecule has 0 bridgehead atoms. The Morgan fingerprint density at radius 3 is 2.56 bits per heavy atom. The van der Waals surface area contributed by atoms with Crippen LogP contribution in [0.1, 0.15) is 54.8 Å². The molecule has 0 aromatic carbocycles. The molecule has 136 valence electrons. The van der Waals surface area contributed by atoms with Crippen molar-refractivity contribution in [2.24, 2.45) is 0 Å². The van der Waals surface area contributed by atoms with Crippen molar-refractivity contribution >= 4 is 27.4 Å². The Morgan fingerprint density at radius 1 is 1.12 bits per heavy atom. The lowest BCUT2D eigenvalue weighted by atomic mass is 10.0. The number of hydrogen-bond donors (Lipinski definition) is 2. The van der Waals surface area contributed by atoms with E-state index in [1.807, 2.05) is 0 Å². The number of anilines is 1. The summed E-state index contributed by atoms with van der Waals surface area (Å²) in [6.07, 6.45) is 6.56. The molecule has 2 fully saturated rings. The van der Waals surface area contributed by atoms with E-state index in [1.165, 1.54) is 23.3 Å². The SMILES string of the molecule is Cc1sc2nc(CN3CCCC3)nc(NCC3(O)CCCC3)c2c1C. The molecule has 3 heterocycles. The molecular weight excluding hydrogens is 332 g/mol. The van der Waals surface area contributed by atoms with Crippen LogP contribution >= 0.6 is 11.3 Å². The Morgan fingerprint density at radius 2 is 1.84 bits per heavy atom. The number of nitrogens with one attached hydrogen (secondary N) is 1. The number of likely N-dealkylation sites (tertiary alicyclic amines) is 1. The summed E-state index contributed by atoms with van der Waals surface area (Å²) in [5, 5.41) is 15.3. The quantitative estimate of drug-likeness (QED) is 0.853. The summed E-state index contributed by atoms with van der Waals surface area (Å²) in [5.41, 5.74) is 0.680. The van der Waals surface area contributed by atoms with Crippen LogP contribution in [0.4, 0.5) is 5.82 Å². The van der Waals surface area contributed by atoms with Gasteiger partial charge in [-0.1, -0.05) is 12.8 Å². The smallest absolute Gasteiger partial charge is 0.146 e. The molecule has 1 aliphatic carbocycles. The minimum atomic E-state index is -0.578. The van der Waals surface area contributed by atoms with Gasteiger partial charge in [-0.25, -0.2) is 9.97 Å². The van der Waals surface area contributed by atoms with Crippen LogP contribution in [0.2, 0.25) is 0 Å². The summed E-state index contributed by atoms with van der Waals surface area (Å²) >= 11 is 1.75. The van der Waals surface area contributed by atoms with Crippen LogP contribution in [0.25, 0.3) is 10.2 Å². The maximum atomic E-state index is 10.7. The molecule has 1 saturated heterocycles. The van der Waals surface area contributed by atoms with Crippen LogP contribution in [-0.2, 0) is 6.54 Å². The van der Waals surface area contributed by atoms with Gasteiger partial charge in [-0.2, -0.15) is 0 Å². The lowest BCUT2D eigenvalue weighted by Crippen LogP contribution is -2.34. The number of aryl methyl sites for hydroxylation is 2. The molecular formula is C19H28N4OS. The van der Waals surface area contributed by atoms with Crippen LogP contribution in [0.5, 0.6) is 0 Å². The van der Waals surface area contributed by atoms with Crippen molar-refractivity contribution in [3.8, 4) is 0 Å². The number of hydrogen-bond acceptors (Lipinski definition) is 6. The highest BCUT2D eigenvalue weighted by Gasteiger charge is 2.31. The monoisotopic (exact) mass is 360 g/mol. The number of nitrogens with zero attached hydrogens (tertiary/aromatic N) is 3. The molecule has 0 atom stereocenters. The highest BCUT2D eigenvalue weighted by Crippen LogP contribution is 2.35. The van der Waals surface area contributed by atoms with Crippen LogP contribution in [-0.4, -0.2) is 45.2 Å². The van der Waals surface area contributed by atoms with Gasteiger partial charge in [-0.05, 0) is 58.2 Å². The molecule has 2 aliphatic rings. The van der Waals surface area contributed by atoms with E-state index in [9.17, 15) is 5.11 Å². The predicted octanol–water partition coefficient (Wildman–Crippen LogP) is 3.62. The molecule has 25 heavy (non-hydrogen) atoms. The lowest BCUT2D eigenvalue weighted by molar-refractivity contribution is 0.0614. The Bertz CT molecular complexity index is 760. The molecule has 1 aliphatic heterocycles. The fourth-order valence-electron chi connectivity index (χ4n) is 4.09. The van der Waals surface area contributed by atoms with Gasteiger partial charge in [-0.15, -0.1) is 11.3 Å². The van der Waals surface area contributed by atoms with Crippen molar-refractivity contribution < 1.29 is 5.11 Å². The molecule has 5 nitrogen and oxygen atoms in total. The van der Waals surface area contributed by atoms with Gasteiger partial charge in [0.05, 0.1) is 17.5 Å². The van der Waals surface area contributed by atoms with E-state index in [0.29, 0.717) is 6.54 Å². The summed E-state index contributed by atoms with van der Waals surface area (Å²) in [4.78, 5) is 14.5. The number of rotatable bonds is 5. The number of thiophene rings is 1. The van der Waals surface area contributed by atoms with Crippen LogP contribution in [0, 0.1) is 13.8 Å². The fraction of sp³-hybridized carbons (Fsp3) is 0.684. The molecule has 2 aromatic heterocycles. The minimum Gasteiger partial charge on any atom is -0.388 e. The zero-order chi connectivity index (χ0) is 17.4. The van der Waals surface area contributed by atoms with E-state index < -0.39 is 5.60 Å². The summed E-state index contributed by atoms with van der Waals surface area (Å²) in [6.45, 7) is 7.99. The molecule has 0 radical (unpaired) electrons. The van der Waals surface area contributed by atoms with Gasteiger partial charge in [0.25, 0.3) is 0 Å². The topological polar surface area (TPSA) is 61.3 Å². The Hall–Kier alpha value is -1.24. The van der Waals surface area contributed by atoms with E-state index in [-0.39, 0.29) is 0 Å². The molecule has 2 N–H and O–H groups in total. The highest BCUT2D eigenvalue weighted by molar-refractivity contribution is 7.18. The number of aliphatic hydroxyl groups is 1. The maximum Gasteiger partial charge on any atom is 0.146 e. The summed E-state index contributed by atoms with van der Waals surface area (Å²) in [6, 6.07) is 0. The molecule has 6 heteroatoms. The van der Waals surface area contributed by atoms with Gasteiger partial charge in [0.1, 0.15) is 16.5 Å². The van der Waals surface area contributed by atoms with Gasteiger partial charge >= 0.3 is 0 Å². The van der Waals surface area contributed by atoms with E-state index in [0.717, 1.165) is 67.2 Å². The summed E-state index contributed by atoms with van der Waals surface area (Å²) < 4.78 is 0. The predicted molar refractivity (Wildman–Crippen MR) is 103 cm³/mol. The van der Waals surface area contributed by atoms with E-state index in [1.54, 1.807) is 11.3 Å². The van der Waals surface area contributed by atoms with Crippen molar-refractivity contribution in [2.45, 2.75) is 64.5 Å². The van der Waals surface area contributed by atoms with Crippen molar-refractivity contribution in [1.82, 2.24) is 14.9 Å². The molecule has 0 unspecified atom stereocenters. The summed E-state index contributed by atoms with van der Waals surface area (Å²) in [7, 11) is 0. The third-order valence-corrected chi connectivity index (χ3v) is 6.86. The van der Waals surface area contributed by atoms with Gasteiger partial charge < -0.3 is 10.4 Å². The zero-order valence-electron chi connectivity index (χ0n) is 15.3. The minimum absolute atomic E-state index is 0.578. The molecule has 1 saturated carbocycles. The second-order valence-electron chi connectivity index (χ2n) is 7.72. The van der Waals surface area contributed by atoms with E-state index in [2.05, 4.69) is 24.1 Å². The van der Waals surface area contributed by atoms with E-state index in [4.69, 9.17) is 9.97 Å². The molecule has 2 aromatic rings. The van der Waals surface area contributed by atoms with Crippen LogP contribution in [0.15, 0.2) is 0 Å². The fourth-order valence-corrected chi connectivity index (χ4v) is 5.14. The number of fused-ring (bicyclic) bond motifs is 1. The average Bonchev–Trinajstić information content (AvgIpc) is 3.29. The first-order valence-corrected chi connectivity index (χ1v) is 10.3. The van der Waals surface area contributed by atoms with Crippen molar-refractivity contribution in [2.75, 3.05) is 25.0 Å². The average molecular weight is 361 g/mol. The maximum absolute atomic E-state index is 10.7. The van der Waals surface area contributed by atoms with Gasteiger partial charge in [0, 0.05) is 11.4 Å². The lowest BCUT2D eigenvalue weighted by Gasteiger charge is -2.23. The standard InChI is InChI=1S/C19H28N4OS/c1-13-14(2)25-18-16(13)17(20-12-19(24)7-3-4-8-19)21-15(22-18)11-23-9-5-6-10-23/h24H,3-12H2,1-2H3,(H,20,21,22). The van der Waals surface area contributed by atoms with E-state index >= 15 is 0 Å². The second kappa shape index (κ2) is 6.82. The Balaban J connectivity index is 1.64. The first kappa shape index (κ1) is 17.2. The first-order chi connectivity index (χ1) is 12.0. The normalized spacial score (nSPS) is 20.6. The van der Waals surface area contributed by atoms with Crippen LogP contribution < -0.4 is 5.32 Å². The summed E-state index contributed by atoms with van der Waals surface area (Å²) in [5.74, 6) is 1.80.